The zero-order valence-corrected chi connectivity index (χ0v) is 8.23. The average molecular weight is 228 g/mol. The van der Waals surface area contributed by atoms with E-state index in [1.54, 1.807) is 0 Å². The zero-order chi connectivity index (χ0) is 12.1. The maximum atomic E-state index is 12.7. The fourth-order valence-electron chi connectivity index (χ4n) is 0.739. The second-order valence-corrected chi connectivity index (χ2v) is 3.10. The van der Waals surface area contributed by atoms with E-state index in [9.17, 15) is 22.4 Å². The smallest absolute Gasteiger partial charge is 0.389 e. The van der Waals surface area contributed by atoms with Crippen LogP contribution in [-0.2, 0) is 9.53 Å². The summed E-state index contributed by atoms with van der Waals surface area (Å²) in [6, 6.07) is 0. The van der Waals surface area contributed by atoms with E-state index in [1.165, 1.54) is 6.92 Å². The molecule has 2 nitrogen and oxygen atoms in total. The Balaban J connectivity index is 3.71. The Morgan fingerprint density at radius 1 is 1.47 bits per heavy atom. The molecule has 1 unspecified atom stereocenters. The SMILES string of the molecule is C=C(C)C(=O)OC(F)CCCC(F)(F)F. The highest BCUT2D eigenvalue weighted by molar-refractivity contribution is 5.86. The van der Waals surface area contributed by atoms with Crippen molar-refractivity contribution < 1.29 is 27.1 Å². The number of hydrogen-bond acceptors (Lipinski definition) is 2. The van der Waals surface area contributed by atoms with Gasteiger partial charge in [0.2, 0.25) is 6.36 Å². The lowest BCUT2D eigenvalue weighted by Gasteiger charge is -2.10. The van der Waals surface area contributed by atoms with Gasteiger partial charge in [-0.3, -0.25) is 0 Å². The van der Waals surface area contributed by atoms with Crippen molar-refractivity contribution in [2.75, 3.05) is 0 Å². The van der Waals surface area contributed by atoms with Crippen LogP contribution < -0.4 is 0 Å². The number of carbonyl (C=O) groups is 1. The molecule has 0 bridgehead atoms. The van der Waals surface area contributed by atoms with Crippen molar-refractivity contribution in [1.29, 1.82) is 0 Å². The minimum Gasteiger partial charge on any atom is -0.428 e. The van der Waals surface area contributed by atoms with Gasteiger partial charge in [0, 0.05) is 18.4 Å². The van der Waals surface area contributed by atoms with Gasteiger partial charge in [-0.1, -0.05) is 6.58 Å². The van der Waals surface area contributed by atoms with E-state index in [1.807, 2.05) is 0 Å². The lowest BCUT2D eigenvalue weighted by atomic mass is 10.2. The Morgan fingerprint density at radius 3 is 2.40 bits per heavy atom. The van der Waals surface area contributed by atoms with Crippen LogP contribution in [0.2, 0.25) is 0 Å². The molecule has 0 amide bonds. The van der Waals surface area contributed by atoms with E-state index in [2.05, 4.69) is 11.3 Å². The third-order valence-electron chi connectivity index (χ3n) is 1.47. The lowest BCUT2D eigenvalue weighted by molar-refractivity contribution is -0.155. The van der Waals surface area contributed by atoms with Crippen LogP contribution >= 0.6 is 0 Å². The maximum Gasteiger partial charge on any atom is 0.389 e. The van der Waals surface area contributed by atoms with Crippen LogP contribution in [0.25, 0.3) is 0 Å². The molecule has 0 aliphatic carbocycles. The standard InChI is InChI=1S/C9H12F4O2/c1-6(2)8(14)15-7(10)4-3-5-9(11,12)13/h7H,1,3-5H2,2H3. The molecule has 6 heteroatoms. The number of alkyl halides is 4. The Bertz CT molecular complexity index is 235. The third-order valence-corrected chi connectivity index (χ3v) is 1.47. The van der Waals surface area contributed by atoms with Gasteiger partial charge in [0.15, 0.2) is 0 Å². The molecule has 0 aliphatic heterocycles. The molecule has 0 saturated carbocycles. The predicted molar refractivity (Wildman–Crippen MR) is 45.7 cm³/mol. The van der Waals surface area contributed by atoms with Gasteiger partial charge in [0.25, 0.3) is 0 Å². The van der Waals surface area contributed by atoms with Gasteiger partial charge in [0.1, 0.15) is 0 Å². The van der Waals surface area contributed by atoms with Crippen LogP contribution in [0.3, 0.4) is 0 Å². The zero-order valence-electron chi connectivity index (χ0n) is 8.23. The molecule has 0 rings (SSSR count). The Labute approximate surface area is 84.9 Å². The van der Waals surface area contributed by atoms with Crippen LogP contribution in [0.4, 0.5) is 17.6 Å². The summed E-state index contributed by atoms with van der Waals surface area (Å²) >= 11 is 0. The first-order chi connectivity index (χ1) is 6.72. The fraction of sp³-hybridized carbons (Fsp3) is 0.667. The number of esters is 1. The van der Waals surface area contributed by atoms with Crippen molar-refractivity contribution in [3.63, 3.8) is 0 Å². The van der Waals surface area contributed by atoms with Gasteiger partial charge in [-0.2, -0.15) is 13.2 Å². The molecule has 0 fully saturated rings. The van der Waals surface area contributed by atoms with Crippen molar-refractivity contribution >= 4 is 5.97 Å². The lowest BCUT2D eigenvalue weighted by Crippen LogP contribution is -2.15. The molecule has 1 atom stereocenters. The summed E-state index contributed by atoms with van der Waals surface area (Å²) in [5, 5.41) is 0. The number of halogens is 4. The monoisotopic (exact) mass is 228 g/mol. The van der Waals surface area contributed by atoms with Gasteiger partial charge in [-0.25, -0.2) is 9.18 Å². The number of rotatable bonds is 5. The summed E-state index contributed by atoms with van der Waals surface area (Å²) in [7, 11) is 0. The fourth-order valence-corrected chi connectivity index (χ4v) is 0.739. The minimum absolute atomic E-state index is 0.00784. The average Bonchev–Trinajstić information content (AvgIpc) is 2.01. The highest BCUT2D eigenvalue weighted by Crippen LogP contribution is 2.23. The van der Waals surface area contributed by atoms with Crippen LogP contribution in [0.15, 0.2) is 12.2 Å². The van der Waals surface area contributed by atoms with Gasteiger partial charge in [0.05, 0.1) is 0 Å². The third kappa shape index (κ3) is 7.96. The first-order valence-electron chi connectivity index (χ1n) is 4.29. The van der Waals surface area contributed by atoms with E-state index in [0.717, 1.165) is 0 Å². The van der Waals surface area contributed by atoms with Crippen molar-refractivity contribution in [1.82, 2.24) is 0 Å². The van der Waals surface area contributed by atoms with Gasteiger partial charge >= 0.3 is 12.1 Å². The molecule has 0 aromatic rings. The van der Waals surface area contributed by atoms with Crippen LogP contribution in [0.5, 0.6) is 0 Å². The predicted octanol–water partition coefficient (Wildman–Crippen LogP) is 3.13. The molecule has 0 aliphatic rings. The molecule has 0 saturated heterocycles. The molecule has 0 aromatic carbocycles. The summed E-state index contributed by atoms with van der Waals surface area (Å²) < 4.78 is 51.8. The molecule has 0 heterocycles. The Kier molecular flexibility index (Phi) is 5.32. The molecule has 0 radical (unpaired) electrons. The minimum atomic E-state index is -4.31. The summed E-state index contributed by atoms with van der Waals surface area (Å²) in [6.07, 6.45) is -8.26. The van der Waals surface area contributed by atoms with E-state index >= 15 is 0 Å². The van der Waals surface area contributed by atoms with Crippen LogP contribution in [0, 0.1) is 0 Å². The first kappa shape index (κ1) is 13.9. The van der Waals surface area contributed by atoms with E-state index < -0.39 is 37.8 Å². The summed E-state index contributed by atoms with van der Waals surface area (Å²) in [5.41, 5.74) is 0.00784. The van der Waals surface area contributed by atoms with Gasteiger partial charge in [-0.15, -0.1) is 0 Å². The summed E-state index contributed by atoms with van der Waals surface area (Å²) in [5.74, 6) is -0.936. The van der Waals surface area contributed by atoms with Gasteiger partial charge in [-0.05, 0) is 13.3 Å². The van der Waals surface area contributed by atoms with Crippen molar-refractivity contribution in [3.05, 3.63) is 12.2 Å². The number of hydrogen-bond donors (Lipinski definition) is 0. The van der Waals surface area contributed by atoms with Gasteiger partial charge < -0.3 is 4.74 Å². The largest absolute Gasteiger partial charge is 0.428 e. The quantitative estimate of drug-likeness (QED) is 0.410. The van der Waals surface area contributed by atoms with E-state index in [0.29, 0.717) is 0 Å². The molecule has 88 valence electrons. The summed E-state index contributed by atoms with van der Waals surface area (Å²) in [4.78, 5) is 10.7. The number of ether oxygens (including phenoxy) is 1. The number of carbonyl (C=O) groups excluding carboxylic acids is 1. The van der Waals surface area contributed by atoms with Crippen molar-refractivity contribution in [3.8, 4) is 0 Å². The molecule has 15 heavy (non-hydrogen) atoms. The Hall–Kier alpha value is -1.07. The van der Waals surface area contributed by atoms with Crippen LogP contribution in [0.1, 0.15) is 26.2 Å². The Morgan fingerprint density at radius 2 is 2.00 bits per heavy atom. The van der Waals surface area contributed by atoms with Crippen molar-refractivity contribution in [2.45, 2.75) is 38.7 Å². The first-order valence-corrected chi connectivity index (χ1v) is 4.29. The van der Waals surface area contributed by atoms with Crippen LogP contribution in [-0.4, -0.2) is 18.5 Å². The summed E-state index contributed by atoms with van der Waals surface area (Å²) in [6.45, 7) is 4.53. The molecule has 0 spiro atoms. The second-order valence-electron chi connectivity index (χ2n) is 3.10. The topological polar surface area (TPSA) is 26.3 Å². The maximum absolute atomic E-state index is 12.7. The highest BCUT2D eigenvalue weighted by atomic mass is 19.4. The molecule has 0 N–H and O–H groups in total. The van der Waals surface area contributed by atoms with E-state index in [4.69, 9.17) is 0 Å². The molecular weight excluding hydrogens is 216 g/mol. The highest BCUT2D eigenvalue weighted by Gasteiger charge is 2.27. The second kappa shape index (κ2) is 5.72. The normalized spacial score (nSPS) is 13.4. The van der Waals surface area contributed by atoms with E-state index in [-0.39, 0.29) is 5.57 Å². The molecular formula is C9H12F4O2. The molecule has 0 aromatic heterocycles. The van der Waals surface area contributed by atoms with Crippen molar-refractivity contribution in [2.24, 2.45) is 0 Å².